The first-order valence-electron chi connectivity index (χ1n) is 15.1. The van der Waals surface area contributed by atoms with Gasteiger partial charge in [0.05, 0.1) is 42.0 Å². The van der Waals surface area contributed by atoms with E-state index in [9.17, 15) is 9.59 Å². The van der Waals surface area contributed by atoms with Crippen molar-refractivity contribution in [3.63, 3.8) is 0 Å². The zero-order chi connectivity index (χ0) is 31.9. The normalized spacial score (nSPS) is 14.3. The quantitative estimate of drug-likeness (QED) is 0.158. The highest BCUT2D eigenvalue weighted by Crippen LogP contribution is 2.35. The Balaban J connectivity index is 1.22. The molecule has 0 saturated heterocycles. The molecule has 3 aromatic carbocycles. The number of aryl methyl sites for hydroxylation is 1. The van der Waals surface area contributed by atoms with Crippen molar-refractivity contribution >= 4 is 40.6 Å². The summed E-state index contributed by atoms with van der Waals surface area (Å²) in [4.78, 5) is 27.6. The molecule has 234 valence electrons. The second-order valence-corrected chi connectivity index (χ2v) is 12.7. The summed E-state index contributed by atoms with van der Waals surface area (Å²) in [7, 11) is 0. The highest BCUT2D eigenvalue weighted by atomic mass is 32.2. The van der Waals surface area contributed by atoms with Crippen LogP contribution in [0, 0.1) is 6.92 Å². The maximum absolute atomic E-state index is 13.8. The maximum Gasteiger partial charge on any atom is 0.253 e. The van der Waals surface area contributed by atoms with Gasteiger partial charge in [-0.05, 0) is 60.7 Å². The number of nitrogens with one attached hydrogen (secondary N) is 1. The van der Waals surface area contributed by atoms with Crippen LogP contribution in [0.15, 0.2) is 107 Å². The average molecular weight is 651 g/mol. The lowest BCUT2D eigenvalue weighted by molar-refractivity contribution is -0.130. The van der Waals surface area contributed by atoms with E-state index in [4.69, 9.17) is 9.84 Å². The van der Waals surface area contributed by atoms with Crippen LogP contribution in [0.3, 0.4) is 0 Å². The minimum absolute atomic E-state index is 0.110. The number of carbonyl (C=O) groups is 2. The molecule has 2 amide bonds. The highest BCUT2D eigenvalue weighted by Gasteiger charge is 2.33. The molecular weight excluding hydrogens is 617 g/mol. The number of amides is 2. The summed E-state index contributed by atoms with van der Waals surface area (Å²) < 4.78 is 7.51. The first-order chi connectivity index (χ1) is 22.5. The summed E-state index contributed by atoms with van der Waals surface area (Å²) in [5, 5.41) is 20.8. The molecule has 11 heteroatoms. The van der Waals surface area contributed by atoms with Crippen LogP contribution in [-0.2, 0) is 22.6 Å². The van der Waals surface area contributed by atoms with Gasteiger partial charge in [-0.15, -0.1) is 21.5 Å². The lowest BCUT2D eigenvalue weighted by Gasteiger charge is -2.22. The van der Waals surface area contributed by atoms with Crippen LogP contribution in [0.25, 0.3) is 5.69 Å². The molecule has 3 heterocycles. The van der Waals surface area contributed by atoms with Crippen molar-refractivity contribution in [2.75, 3.05) is 12.4 Å². The first-order valence-corrected chi connectivity index (χ1v) is 17.0. The van der Waals surface area contributed by atoms with Crippen molar-refractivity contribution in [1.29, 1.82) is 0 Å². The molecule has 0 aliphatic carbocycles. The van der Waals surface area contributed by atoms with Crippen molar-refractivity contribution in [3.05, 3.63) is 124 Å². The SMILES string of the molecule is CCOc1ccc(-n2c(CNC(=O)Cc3ccccc3)nnc2SCC(=O)N2N=C(c3cccs3)CC2c2ccc(C)cc2)cc1. The highest BCUT2D eigenvalue weighted by molar-refractivity contribution is 7.99. The number of thiophene rings is 1. The Morgan fingerprint density at radius 1 is 0.978 bits per heavy atom. The van der Waals surface area contributed by atoms with Crippen molar-refractivity contribution in [2.24, 2.45) is 5.10 Å². The average Bonchev–Trinajstić information content (AvgIpc) is 3.85. The third-order valence-corrected chi connectivity index (χ3v) is 9.35. The van der Waals surface area contributed by atoms with Crippen LogP contribution in [0.2, 0.25) is 0 Å². The predicted molar refractivity (Wildman–Crippen MR) is 181 cm³/mol. The van der Waals surface area contributed by atoms with Crippen LogP contribution < -0.4 is 10.1 Å². The Kier molecular flexibility index (Phi) is 9.90. The first kappa shape index (κ1) is 31.3. The van der Waals surface area contributed by atoms with Crippen LogP contribution in [-0.4, -0.2) is 49.7 Å². The van der Waals surface area contributed by atoms with Crippen molar-refractivity contribution in [2.45, 2.75) is 44.4 Å². The Morgan fingerprint density at radius 2 is 1.76 bits per heavy atom. The number of rotatable bonds is 12. The number of nitrogens with zero attached hydrogens (tertiary/aromatic N) is 5. The van der Waals surface area contributed by atoms with E-state index < -0.39 is 0 Å². The summed E-state index contributed by atoms with van der Waals surface area (Å²) in [6.45, 7) is 4.73. The Morgan fingerprint density at radius 3 is 2.48 bits per heavy atom. The fourth-order valence-electron chi connectivity index (χ4n) is 5.22. The van der Waals surface area contributed by atoms with E-state index in [1.165, 1.54) is 11.8 Å². The van der Waals surface area contributed by atoms with Crippen LogP contribution in [0.5, 0.6) is 5.75 Å². The predicted octanol–water partition coefficient (Wildman–Crippen LogP) is 6.36. The number of hydrogen-bond acceptors (Lipinski definition) is 8. The van der Waals surface area contributed by atoms with Gasteiger partial charge in [0, 0.05) is 12.1 Å². The number of thioether (sulfide) groups is 1. The van der Waals surface area contributed by atoms with Gasteiger partial charge in [0.25, 0.3) is 5.91 Å². The molecule has 1 aliphatic rings. The van der Waals surface area contributed by atoms with Gasteiger partial charge in [-0.1, -0.05) is 78.0 Å². The molecule has 0 spiro atoms. The molecule has 0 bridgehead atoms. The van der Waals surface area contributed by atoms with Gasteiger partial charge < -0.3 is 10.1 Å². The molecule has 9 nitrogen and oxygen atoms in total. The molecule has 1 unspecified atom stereocenters. The van der Waals surface area contributed by atoms with E-state index in [-0.39, 0.29) is 36.6 Å². The minimum Gasteiger partial charge on any atom is -0.494 e. The molecule has 2 aromatic heterocycles. The Hall–Kier alpha value is -4.74. The zero-order valence-electron chi connectivity index (χ0n) is 25.6. The fourth-order valence-corrected chi connectivity index (χ4v) is 6.76. The second kappa shape index (κ2) is 14.6. The van der Waals surface area contributed by atoms with Crippen LogP contribution in [0.4, 0.5) is 0 Å². The van der Waals surface area contributed by atoms with Crippen LogP contribution in [0.1, 0.15) is 46.8 Å². The zero-order valence-corrected chi connectivity index (χ0v) is 27.3. The number of carbonyl (C=O) groups excluding carboxylic acids is 2. The summed E-state index contributed by atoms with van der Waals surface area (Å²) in [5.41, 5.74) is 4.84. The molecule has 0 fully saturated rings. The van der Waals surface area contributed by atoms with Gasteiger partial charge in [-0.2, -0.15) is 5.10 Å². The second-order valence-electron chi connectivity index (χ2n) is 10.8. The number of hydrazone groups is 1. The lowest BCUT2D eigenvalue weighted by Crippen LogP contribution is -2.28. The van der Waals surface area contributed by atoms with E-state index in [2.05, 4.69) is 46.7 Å². The summed E-state index contributed by atoms with van der Waals surface area (Å²) in [6.07, 6.45) is 0.912. The van der Waals surface area contributed by atoms with Gasteiger partial charge in [-0.3, -0.25) is 14.2 Å². The molecule has 6 rings (SSSR count). The molecule has 46 heavy (non-hydrogen) atoms. The molecule has 0 radical (unpaired) electrons. The van der Waals surface area contributed by atoms with Gasteiger partial charge in [0.1, 0.15) is 5.75 Å². The lowest BCUT2D eigenvalue weighted by atomic mass is 10.00. The van der Waals surface area contributed by atoms with Crippen molar-refractivity contribution in [3.8, 4) is 11.4 Å². The van der Waals surface area contributed by atoms with Gasteiger partial charge in [0.15, 0.2) is 11.0 Å². The van der Waals surface area contributed by atoms with E-state index in [1.807, 2.05) is 83.6 Å². The largest absolute Gasteiger partial charge is 0.494 e. The fraction of sp³-hybridized carbons (Fsp3) is 0.229. The molecule has 1 atom stereocenters. The van der Waals surface area contributed by atoms with Gasteiger partial charge in [0.2, 0.25) is 5.91 Å². The summed E-state index contributed by atoms with van der Waals surface area (Å²) in [5.74, 6) is 1.17. The summed E-state index contributed by atoms with van der Waals surface area (Å²) in [6, 6.07) is 29.3. The molecule has 0 saturated carbocycles. The Labute approximate surface area is 276 Å². The smallest absolute Gasteiger partial charge is 0.253 e. The third kappa shape index (κ3) is 7.38. The maximum atomic E-state index is 13.8. The van der Waals surface area contributed by atoms with E-state index in [0.717, 1.165) is 38.7 Å². The minimum atomic E-state index is -0.190. The van der Waals surface area contributed by atoms with Crippen molar-refractivity contribution < 1.29 is 14.3 Å². The summed E-state index contributed by atoms with van der Waals surface area (Å²) >= 11 is 2.92. The standard InChI is InChI=1S/C35H34N6O3S2/c1-3-44-28-17-15-27(16-18-28)40-32(22-36-33(42)20-25-8-5-4-6-9-25)37-38-35(40)46-23-34(43)41-30(26-13-11-24(2)12-14-26)21-29(39-41)31-10-7-19-45-31/h4-19,30H,3,20-23H2,1-2H3,(H,36,42). The number of benzene rings is 3. The number of hydrogen-bond donors (Lipinski definition) is 1. The Bertz CT molecular complexity index is 1800. The van der Waals surface area contributed by atoms with Gasteiger partial charge >= 0.3 is 0 Å². The number of aromatic nitrogens is 3. The molecule has 1 aliphatic heterocycles. The third-order valence-electron chi connectivity index (χ3n) is 7.52. The molecule has 1 N–H and O–H groups in total. The van der Waals surface area contributed by atoms with Gasteiger partial charge in [-0.25, -0.2) is 5.01 Å². The van der Waals surface area contributed by atoms with E-state index in [1.54, 1.807) is 16.3 Å². The van der Waals surface area contributed by atoms with Crippen LogP contribution >= 0.6 is 23.1 Å². The molecule has 5 aromatic rings. The van der Waals surface area contributed by atoms with Crippen molar-refractivity contribution in [1.82, 2.24) is 25.1 Å². The molecular formula is C35H34N6O3S2. The number of ether oxygens (including phenoxy) is 1. The monoisotopic (exact) mass is 650 g/mol. The van der Waals surface area contributed by atoms with E-state index in [0.29, 0.717) is 24.0 Å². The topological polar surface area (TPSA) is 102 Å². The van der Waals surface area contributed by atoms with E-state index >= 15 is 0 Å².